The van der Waals surface area contributed by atoms with Crippen LogP contribution in [-0.4, -0.2) is 39.3 Å². The van der Waals surface area contributed by atoms with Gasteiger partial charge in [-0.2, -0.15) is 0 Å². The third-order valence-corrected chi connectivity index (χ3v) is 1.44. The lowest BCUT2D eigenvalue weighted by Crippen LogP contribution is -2.27. The molecule has 0 aromatic rings. The van der Waals surface area contributed by atoms with Gasteiger partial charge < -0.3 is 16.0 Å². The van der Waals surface area contributed by atoms with Gasteiger partial charge in [-0.1, -0.05) is 0 Å². The minimum Gasteiger partial charge on any atom is -0.314 e. The van der Waals surface area contributed by atoms with Gasteiger partial charge in [0.05, 0.1) is 0 Å². The van der Waals surface area contributed by atoms with Crippen molar-refractivity contribution >= 4 is 24.8 Å². The zero-order valence-corrected chi connectivity index (χ0v) is 8.19. The monoisotopic (exact) mass is 201 g/mol. The minimum absolute atomic E-state index is 0. The van der Waals surface area contributed by atoms with Crippen molar-refractivity contribution in [2.45, 2.75) is 0 Å². The maximum absolute atomic E-state index is 3.30. The fourth-order valence-electron chi connectivity index (χ4n) is 0.905. The van der Waals surface area contributed by atoms with Crippen molar-refractivity contribution in [1.82, 2.24) is 16.0 Å². The number of hydrogen-bond donors (Lipinski definition) is 3. The summed E-state index contributed by atoms with van der Waals surface area (Å²) >= 11 is 0. The van der Waals surface area contributed by atoms with Gasteiger partial charge in [-0.3, -0.25) is 0 Å². The van der Waals surface area contributed by atoms with E-state index in [1.54, 1.807) is 0 Å². The lowest BCUT2D eigenvalue weighted by molar-refractivity contribution is 0.652. The molecule has 0 aromatic carbocycles. The summed E-state index contributed by atoms with van der Waals surface area (Å²) < 4.78 is 0. The highest BCUT2D eigenvalue weighted by Gasteiger charge is 1.91. The SMILES string of the molecule is C1CNCCNCCN1.Cl.Cl. The highest BCUT2D eigenvalue weighted by molar-refractivity contribution is 5.85. The summed E-state index contributed by atoms with van der Waals surface area (Å²) in [6.45, 7) is 6.59. The van der Waals surface area contributed by atoms with Crippen molar-refractivity contribution in [3.05, 3.63) is 0 Å². The number of rotatable bonds is 0. The van der Waals surface area contributed by atoms with Gasteiger partial charge in [-0.05, 0) is 0 Å². The van der Waals surface area contributed by atoms with Crippen molar-refractivity contribution in [3.8, 4) is 0 Å². The molecule has 0 atom stereocenters. The largest absolute Gasteiger partial charge is 0.314 e. The molecular formula is C6H17Cl2N3. The first kappa shape index (κ1) is 14.0. The number of nitrogens with one attached hydrogen (secondary N) is 3. The average molecular weight is 202 g/mol. The zero-order valence-electron chi connectivity index (χ0n) is 6.56. The summed E-state index contributed by atoms with van der Waals surface area (Å²) in [7, 11) is 0. The average Bonchev–Trinajstić information content (AvgIpc) is 2.00. The van der Waals surface area contributed by atoms with Crippen LogP contribution < -0.4 is 16.0 Å². The quantitative estimate of drug-likeness (QED) is 0.500. The molecule has 1 heterocycles. The molecule has 0 unspecified atom stereocenters. The molecule has 3 nitrogen and oxygen atoms in total. The molecule has 3 N–H and O–H groups in total. The van der Waals surface area contributed by atoms with Gasteiger partial charge in [-0.15, -0.1) is 24.8 Å². The molecule has 1 saturated heterocycles. The van der Waals surface area contributed by atoms with E-state index in [2.05, 4.69) is 16.0 Å². The van der Waals surface area contributed by atoms with Crippen molar-refractivity contribution in [3.63, 3.8) is 0 Å². The Balaban J connectivity index is 0. The highest BCUT2D eigenvalue weighted by atomic mass is 35.5. The summed E-state index contributed by atoms with van der Waals surface area (Å²) in [5.74, 6) is 0. The summed E-state index contributed by atoms with van der Waals surface area (Å²) in [5.41, 5.74) is 0. The molecule has 1 aliphatic heterocycles. The maximum atomic E-state index is 3.30. The predicted octanol–water partition coefficient (Wildman–Crippen LogP) is -0.388. The molecule has 0 saturated carbocycles. The molecule has 0 spiro atoms. The Morgan fingerprint density at radius 2 is 0.636 bits per heavy atom. The Labute approximate surface area is 80.5 Å². The lowest BCUT2D eigenvalue weighted by atomic mass is 10.6. The van der Waals surface area contributed by atoms with Gasteiger partial charge in [0.2, 0.25) is 0 Å². The van der Waals surface area contributed by atoms with Crippen LogP contribution in [-0.2, 0) is 0 Å². The Morgan fingerprint density at radius 3 is 0.818 bits per heavy atom. The summed E-state index contributed by atoms with van der Waals surface area (Å²) in [5, 5.41) is 9.91. The van der Waals surface area contributed by atoms with Crippen LogP contribution in [0.3, 0.4) is 0 Å². The normalized spacial score (nSPS) is 19.6. The van der Waals surface area contributed by atoms with E-state index in [1.807, 2.05) is 0 Å². The Bertz CT molecular complexity index is 44.3. The molecule has 1 aliphatic rings. The summed E-state index contributed by atoms with van der Waals surface area (Å²) in [6, 6.07) is 0. The first-order chi connectivity index (χ1) is 4.50. The van der Waals surface area contributed by atoms with Crippen LogP contribution in [0.5, 0.6) is 0 Å². The molecule has 0 radical (unpaired) electrons. The first-order valence-electron chi connectivity index (χ1n) is 3.62. The van der Waals surface area contributed by atoms with Gasteiger partial charge in [0, 0.05) is 39.3 Å². The summed E-state index contributed by atoms with van der Waals surface area (Å²) in [4.78, 5) is 0. The fraction of sp³-hybridized carbons (Fsp3) is 1.00. The second kappa shape index (κ2) is 10.5. The molecule has 1 fully saturated rings. The van der Waals surface area contributed by atoms with E-state index in [0.29, 0.717) is 0 Å². The molecule has 0 bridgehead atoms. The van der Waals surface area contributed by atoms with Gasteiger partial charge in [-0.25, -0.2) is 0 Å². The lowest BCUT2D eigenvalue weighted by Gasteiger charge is -1.99. The zero-order chi connectivity index (χ0) is 6.36. The summed E-state index contributed by atoms with van der Waals surface area (Å²) in [6.07, 6.45) is 0. The van der Waals surface area contributed by atoms with E-state index < -0.39 is 0 Å². The molecule has 1 rings (SSSR count). The standard InChI is InChI=1S/C6H15N3.2ClH/c1-2-8-5-6-9-4-3-7-1;;/h7-9H,1-6H2;2*1H. The Kier molecular flexibility index (Phi) is 13.3. The van der Waals surface area contributed by atoms with Crippen LogP contribution in [0.4, 0.5) is 0 Å². The van der Waals surface area contributed by atoms with Gasteiger partial charge in [0.15, 0.2) is 0 Å². The molecule has 0 aromatic heterocycles. The van der Waals surface area contributed by atoms with Gasteiger partial charge >= 0.3 is 0 Å². The molecule has 5 heteroatoms. The highest BCUT2D eigenvalue weighted by Crippen LogP contribution is 1.65. The van der Waals surface area contributed by atoms with Crippen LogP contribution in [0.2, 0.25) is 0 Å². The van der Waals surface area contributed by atoms with E-state index in [1.165, 1.54) is 0 Å². The molecule has 70 valence electrons. The minimum atomic E-state index is 0. The topological polar surface area (TPSA) is 36.1 Å². The smallest absolute Gasteiger partial charge is 0.00772 e. The van der Waals surface area contributed by atoms with Crippen molar-refractivity contribution in [2.75, 3.05) is 39.3 Å². The Hall–Kier alpha value is 0.460. The Morgan fingerprint density at radius 1 is 0.455 bits per heavy atom. The van der Waals surface area contributed by atoms with E-state index in [-0.39, 0.29) is 24.8 Å². The number of halogens is 2. The van der Waals surface area contributed by atoms with Crippen molar-refractivity contribution < 1.29 is 0 Å². The first-order valence-corrected chi connectivity index (χ1v) is 3.62. The van der Waals surface area contributed by atoms with Gasteiger partial charge in [0.25, 0.3) is 0 Å². The van der Waals surface area contributed by atoms with E-state index in [9.17, 15) is 0 Å². The third-order valence-electron chi connectivity index (χ3n) is 1.44. The molecule has 0 amide bonds. The van der Waals surface area contributed by atoms with Crippen molar-refractivity contribution in [2.24, 2.45) is 0 Å². The van der Waals surface area contributed by atoms with E-state index in [0.717, 1.165) is 39.3 Å². The number of hydrogen-bond acceptors (Lipinski definition) is 3. The van der Waals surface area contributed by atoms with Crippen LogP contribution >= 0.6 is 24.8 Å². The van der Waals surface area contributed by atoms with E-state index >= 15 is 0 Å². The van der Waals surface area contributed by atoms with Crippen LogP contribution in [0.1, 0.15) is 0 Å². The maximum Gasteiger partial charge on any atom is 0.00772 e. The van der Waals surface area contributed by atoms with Crippen LogP contribution in [0.25, 0.3) is 0 Å². The molecule has 0 aliphatic carbocycles. The van der Waals surface area contributed by atoms with E-state index in [4.69, 9.17) is 0 Å². The fourth-order valence-corrected chi connectivity index (χ4v) is 0.905. The van der Waals surface area contributed by atoms with Crippen LogP contribution in [0.15, 0.2) is 0 Å². The third kappa shape index (κ3) is 8.37. The second-order valence-corrected chi connectivity index (χ2v) is 2.25. The molecule has 11 heavy (non-hydrogen) atoms. The second-order valence-electron chi connectivity index (χ2n) is 2.25. The van der Waals surface area contributed by atoms with Crippen molar-refractivity contribution in [1.29, 1.82) is 0 Å². The van der Waals surface area contributed by atoms with Gasteiger partial charge in [0.1, 0.15) is 0 Å². The van der Waals surface area contributed by atoms with Crippen LogP contribution in [0, 0.1) is 0 Å². The molecular weight excluding hydrogens is 185 g/mol. The predicted molar refractivity (Wildman–Crippen MR) is 53.1 cm³/mol.